The second kappa shape index (κ2) is 8.16. The van der Waals surface area contributed by atoms with Gasteiger partial charge in [-0.1, -0.05) is 54.7 Å². The molecule has 2 aromatic heterocycles. The Hall–Kier alpha value is -3.58. The first-order valence-corrected chi connectivity index (χ1v) is 11.2. The van der Waals surface area contributed by atoms with Crippen molar-refractivity contribution in [3.8, 4) is 39.8 Å². The highest BCUT2D eigenvalue weighted by Crippen LogP contribution is 2.43. The van der Waals surface area contributed by atoms with Gasteiger partial charge in [-0.15, -0.1) is 0 Å². The van der Waals surface area contributed by atoms with Crippen molar-refractivity contribution in [1.82, 2.24) is 14.6 Å². The van der Waals surface area contributed by atoms with Crippen molar-refractivity contribution in [2.75, 3.05) is 21.3 Å². The molecule has 0 saturated heterocycles. The minimum absolute atomic E-state index is 0.554. The first-order chi connectivity index (χ1) is 15.7. The van der Waals surface area contributed by atoms with E-state index in [1.54, 1.807) is 32.7 Å². The number of ether oxygens (including phenoxy) is 3. The Morgan fingerprint density at radius 1 is 0.844 bits per heavy atom. The highest BCUT2D eigenvalue weighted by Gasteiger charge is 2.23. The Labute approximate surface area is 190 Å². The number of aromatic nitrogens is 3. The van der Waals surface area contributed by atoms with Crippen LogP contribution < -0.4 is 14.2 Å². The van der Waals surface area contributed by atoms with Crippen molar-refractivity contribution in [1.29, 1.82) is 0 Å². The van der Waals surface area contributed by atoms with E-state index in [0.717, 1.165) is 38.9 Å². The van der Waals surface area contributed by atoms with Crippen molar-refractivity contribution in [2.45, 2.75) is 13.3 Å². The zero-order chi connectivity index (χ0) is 22.2. The van der Waals surface area contributed by atoms with Gasteiger partial charge in [0.15, 0.2) is 11.5 Å². The minimum Gasteiger partial charge on any atom is -0.493 e. The van der Waals surface area contributed by atoms with Crippen LogP contribution >= 0.6 is 11.3 Å². The number of hydrogen-bond donors (Lipinski definition) is 0. The van der Waals surface area contributed by atoms with E-state index >= 15 is 0 Å². The van der Waals surface area contributed by atoms with Gasteiger partial charge in [-0.25, -0.2) is 9.50 Å². The maximum absolute atomic E-state index is 5.58. The van der Waals surface area contributed by atoms with Crippen LogP contribution in [0.5, 0.6) is 17.2 Å². The molecule has 7 heteroatoms. The Bertz CT molecular complexity index is 1410. The predicted octanol–water partition coefficient (Wildman–Crippen LogP) is 5.87. The Balaban J connectivity index is 1.80. The van der Waals surface area contributed by atoms with Crippen molar-refractivity contribution in [3.05, 3.63) is 59.6 Å². The molecule has 0 N–H and O–H groups in total. The van der Waals surface area contributed by atoms with Crippen LogP contribution in [0.1, 0.15) is 11.9 Å². The standard InChI is InChI=1S/C25H23N3O3S/c1-5-21-27-28-23(17-11-10-15-8-6-7-9-16(15)12-17)22(26-25(28)32-21)18-13-19(29-2)24(31-4)20(14-18)30-3/h6-14H,5H2,1-4H3. The molecule has 0 aliphatic rings. The molecule has 0 radical (unpaired) electrons. The van der Waals surface area contributed by atoms with Gasteiger partial charge in [-0.2, -0.15) is 5.10 Å². The third kappa shape index (κ3) is 3.26. The van der Waals surface area contributed by atoms with E-state index in [2.05, 4.69) is 43.3 Å². The monoisotopic (exact) mass is 445 g/mol. The highest BCUT2D eigenvalue weighted by molar-refractivity contribution is 7.16. The van der Waals surface area contributed by atoms with E-state index in [4.69, 9.17) is 24.3 Å². The van der Waals surface area contributed by atoms with Crippen molar-refractivity contribution >= 4 is 27.1 Å². The fourth-order valence-electron chi connectivity index (χ4n) is 3.95. The first-order valence-electron chi connectivity index (χ1n) is 10.3. The van der Waals surface area contributed by atoms with Crippen LogP contribution in [0.3, 0.4) is 0 Å². The van der Waals surface area contributed by atoms with Crippen LogP contribution in [0.25, 0.3) is 38.2 Å². The van der Waals surface area contributed by atoms with Gasteiger partial charge < -0.3 is 14.2 Å². The SMILES string of the molecule is CCc1nn2c(-c3ccc4ccccc4c3)c(-c3cc(OC)c(OC)c(OC)c3)nc2s1. The van der Waals surface area contributed by atoms with Crippen LogP contribution in [-0.2, 0) is 6.42 Å². The summed E-state index contributed by atoms with van der Waals surface area (Å²) in [7, 11) is 4.83. The molecule has 0 saturated carbocycles. The molecule has 0 atom stereocenters. The van der Waals surface area contributed by atoms with Crippen molar-refractivity contribution in [3.63, 3.8) is 0 Å². The summed E-state index contributed by atoms with van der Waals surface area (Å²) in [5, 5.41) is 8.25. The quantitative estimate of drug-likeness (QED) is 0.327. The van der Waals surface area contributed by atoms with Gasteiger partial charge in [-0.05, 0) is 35.4 Å². The molecule has 0 amide bonds. The molecule has 0 aliphatic carbocycles. The second-order valence-electron chi connectivity index (χ2n) is 7.33. The lowest BCUT2D eigenvalue weighted by molar-refractivity contribution is 0.324. The third-order valence-corrected chi connectivity index (χ3v) is 6.56. The molecular weight excluding hydrogens is 422 g/mol. The first kappa shape index (κ1) is 20.3. The Kier molecular flexibility index (Phi) is 5.19. The second-order valence-corrected chi connectivity index (χ2v) is 8.37. The van der Waals surface area contributed by atoms with E-state index in [1.165, 1.54) is 10.8 Å². The van der Waals surface area contributed by atoms with Crippen molar-refractivity contribution in [2.24, 2.45) is 0 Å². The van der Waals surface area contributed by atoms with Gasteiger partial charge in [0.1, 0.15) is 16.4 Å². The molecule has 0 unspecified atom stereocenters. The van der Waals surface area contributed by atoms with Gasteiger partial charge in [-0.3, -0.25) is 0 Å². The minimum atomic E-state index is 0.554. The fourth-order valence-corrected chi connectivity index (χ4v) is 4.78. The summed E-state index contributed by atoms with van der Waals surface area (Å²) in [6.07, 6.45) is 0.866. The van der Waals surface area contributed by atoms with E-state index in [-0.39, 0.29) is 0 Å². The summed E-state index contributed by atoms with van der Waals surface area (Å²) >= 11 is 1.61. The molecule has 2 heterocycles. The maximum atomic E-state index is 5.58. The molecule has 6 nitrogen and oxygen atoms in total. The number of imidazole rings is 1. The summed E-state index contributed by atoms with van der Waals surface area (Å²) < 4.78 is 18.6. The van der Waals surface area contributed by atoms with E-state index in [0.29, 0.717) is 17.2 Å². The lowest BCUT2D eigenvalue weighted by Gasteiger charge is -2.14. The third-order valence-electron chi connectivity index (χ3n) is 5.51. The maximum Gasteiger partial charge on any atom is 0.213 e. The van der Waals surface area contributed by atoms with Crippen LogP contribution in [0.2, 0.25) is 0 Å². The molecular formula is C25H23N3O3S. The lowest BCUT2D eigenvalue weighted by Crippen LogP contribution is -1.97. The van der Waals surface area contributed by atoms with Gasteiger partial charge >= 0.3 is 0 Å². The molecule has 162 valence electrons. The van der Waals surface area contributed by atoms with Gasteiger partial charge in [0, 0.05) is 11.1 Å². The molecule has 0 bridgehead atoms. The smallest absolute Gasteiger partial charge is 0.213 e. The largest absolute Gasteiger partial charge is 0.493 e. The van der Waals surface area contributed by atoms with E-state index in [1.807, 2.05) is 22.7 Å². The fraction of sp³-hybridized carbons (Fsp3) is 0.200. The molecule has 5 rings (SSSR count). The number of hydrogen-bond acceptors (Lipinski definition) is 6. The number of methoxy groups -OCH3 is 3. The van der Waals surface area contributed by atoms with E-state index < -0.39 is 0 Å². The summed E-state index contributed by atoms with van der Waals surface area (Å²) in [4.78, 5) is 5.84. The van der Waals surface area contributed by atoms with Gasteiger partial charge in [0.05, 0.1) is 21.3 Å². The molecule has 0 aliphatic heterocycles. The van der Waals surface area contributed by atoms with Crippen LogP contribution in [0.4, 0.5) is 0 Å². The average Bonchev–Trinajstić information content (AvgIpc) is 3.40. The Morgan fingerprint density at radius 3 is 2.22 bits per heavy atom. The number of benzene rings is 3. The number of rotatable bonds is 6. The number of fused-ring (bicyclic) bond motifs is 2. The average molecular weight is 446 g/mol. The van der Waals surface area contributed by atoms with Crippen LogP contribution in [0.15, 0.2) is 54.6 Å². The number of nitrogens with zero attached hydrogens (tertiary/aromatic N) is 3. The molecule has 5 aromatic rings. The number of aryl methyl sites for hydroxylation is 1. The summed E-state index contributed by atoms with van der Waals surface area (Å²) in [6, 6.07) is 18.6. The zero-order valence-corrected chi connectivity index (χ0v) is 19.2. The van der Waals surface area contributed by atoms with Crippen LogP contribution in [-0.4, -0.2) is 35.9 Å². The molecule has 3 aromatic carbocycles. The lowest BCUT2D eigenvalue weighted by atomic mass is 10.0. The molecule has 0 fully saturated rings. The van der Waals surface area contributed by atoms with Crippen molar-refractivity contribution < 1.29 is 14.2 Å². The summed E-state index contributed by atoms with van der Waals surface area (Å²) in [6.45, 7) is 2.11. The summed E-state index contributed by atoms with van der Waals surface area (Å²) in [5.41, 5.74) is 3.68. The molecule has 0 spiro atoms. The normalized spacial score (nSPS) is 11.2. The highest BCUT2D eigenvalue weighted by atomic mass is 32.1. The predicted molar refractivity (Wildman–Crippen MR) is 128 cm³/mol. The topological polar surface area (TPSA) is 57.9 Å². The zero-order valence-electron chi connectivity index (χ0n) is 18.4. The summed E-state index contributed by atoms with van der Waals surface area (Å²) in [5.74, 6) is 1.73. The molecule has 32 heavy (non-hydrogen) atoms. The van der Waals surface area contributed by atoms with Crippen LogP contribution in [0, 0.1) is 0 Å². The van der Waals surface area contributed by atoms with Gasteiger partial charge in [0.25, 0.3) is 0 Å². The Morgan fingerprint density at radius 2 is 1.56 bits per heavy atom. The van der Waals surface area contributed by atoms with Gasteiger partial charge in [0.2, 0.25) is 10.7 Å². The van der Waals surface area contributed by atoms with E-state index in [9.17, 15) is 0 Å².